The normalized spacial score (nSPS) is 10.3. The summed E-state index contributed by atoms with van der Waals surface area (Å²) in [5, 5.41) is 3.63. The second kappa shape index (κ2) is 8.44. The smallest absolute Gasteiger partial charge is 0.317 e. The Hall–Kier alpha value is -2.00. The summed E-state index contributed by atoms with van der Waals surface area (Å²) in [7, 11) is 1.79. The summed E-state index contributed by atoms with van der Waals surface area (Å²) in [4.78, 5) is 13.7. The Morgan fingerprint density at radius 1 is 1.09 bits per heavy atom. The van der Waals surface area contributed by atoms with E-state index in [9.17, 15) is 4.79 Å². The molecule has 0 spiro atoms. The summed E-state index contributed by atoms with van der Waals surface area (Å²) in [6.45, 7) is 1.22. The summed E-state index contributed by atoms with van der Waals surface area (Å²) < 4.78 is 0. The van der Waals surface area contributed by atoms with Gasteiger partial charge < -0.3 is 10.2 Å². The van der Waals surface area contributed by atoms with Crippen molar-refractivity contribution in [1.82, 2.24) is 10.2 Å². The van der Waals surface area contributed by atoms with E-state index in [1.165, 1.54) is 5.56 Å². The van der Waals surface area contributed by atoms with Crippen molar-refractivity contribution in [3.63, 3.8) is 0 Å². The lowest BCUT2D eigenvalue weighted by Gasteiger charge is -2.18. The monoisotopic (exact) mass is 316 g/mol. The van der Waals surface area contributed by atoms with Gasteiger partial charge in [-0.2, -0.15) is 0 Å². The number of urea groups is 1. The van der Waals surface area contributed by atoms with Crippen LogP contribution in [-0.2, 0) is 13.0 Å². The van der Waals surface area contributed by atoms with E-state index in [1.54, 1.807) is 11.9 Å². The van der Waals surface area contributed by atoms with Gasteiger partial charge in [0.2, 0.25) is 0 Å². The zero-order chi connectivity index (χ0) is 15.8. The molecule has 1 N–H and O–H groups in total. The Bertz CT molecular complexity index is 601. The number of benzene rings is 2. The molecule has 2 aromatic carbocycles. The molecule has 22 heavy (non-hydrogen) atoms. The molecule has 0 heterocycles. The number of hydrogen-bond acceptors (Lipinski definition) is 1. The third-order valence-electron chi connectivity index (χ3n) is 3.42. The minimum absolute atomic E-state index is 0.0620. The third-order valence-corrected chi connectivity index (χ3v) is 3.65. The zero-order valence-corrected chi connectivity index (χ0v) is 13.5. The summed E-state index contributed by atoms with van der Waals surface area (Å²) in [5.41, 5.74) is 2.32. The van der Waals surface area contributed by atoms with Gasteiger partial charge in [0.1, 0.15) is 0 Å². The van der Waals surface area contributed by atoms with Crippen molar-refractivity contribution in [2.24, 2.45) is 0 Å². The summed E-state index contributed by atoms with van der Waals surface area (Å²) >= 11 is 5.95. The van der Waals surface area contributed by atoms with Gasteiger partial charge in [-0.15, -0.1) is 0 Å². The lowest BCUT2D eigenvalue weighted by molar-refractivity contribution is 0.207. The molecule has 0 bridgehead atoms. The van der Waals surface area contributed by atoms with Gasteiger partial charge >= 0.3 is 6.03 Å². The number of nitrogens with zero attached hydrogens (tertiary/aromatic N) is 1. The van der Waals surface area contributed by atoms with Crippen LogP contribution in [0.15, 0.2) is 54.6 Å². The zero-order valence-electron chi connectivity index (χ0n) is 12.8. The summed E-state index contributed by atoms with van der Waals surface area (Å²) in [5.74, 6) is 0. The fraction of sp³-hybridized carbons (Fsp3) is 0.278. The highest BCUT2D eigenvalue weighted by Gasteiger charge is 2.08. The van der Waals surface area contributed by atoms with Crippen LogP contribution in [0.2, 0.25) is 5.02 Å². The van der Waals surface area contributed by atoms with Crippen LogP contribution in [0.1, 0.15) is 17.5 Å². The van der Waals surface area contributed by atoms with Crippen LogP contribution in [0, 0.1) is 0 Å². The van der Waals surface area contributed by atoms with Gasteiger partial charge in [-0.05, 0) is 36.1 Å². The molecule has 0 radical (unpaired) electrons. The third kappa shape index (κ3) is 5.41. The molecule has 0 aromatic heterocycles. The number of aryl methyl sites for hydroxylation is 1. The SMILES string of the molecule is CN(Cc1cccc(Cl)c1)C(=O)NCCCc1ccccc1. The van der Waals surface area contributed by atoms with Crippen LogP contribution in [0.5, 0.6) is 0 Å². The molecular weight excluding hydrogens is 296 g/mol. The van der Waals surface area contributed by atoms with Crippen molar-refractivity contribution < 1.29 is 4.79 Å². The number of carbonyl (C=O) groups excluding carboxylic acids is 1. The van der Waals surface area contributed by atoms with E-state index in [0.29, 0.717) is 18.1 Å². The molecule has 2 rings (SSSR count). The number of hydrogen-bond donors (Lipinski definition) is 1. The predicted octanol–water partition coefficient (Wildman–Crippen LogP) is 4.11. The van der Waals surface area contributed by atoms with E-state index in [4.69, 9.17) is 11.6 Å². The molecule has 3 nitrogen and oxygen atoms in total. The first-order valence-electron chi connectivity index (χ1n) is 7.42. The van der Waals surface area contributed by atoms with Gasteiger partial charge in [-0.1, -0.05) is 54.1 Å². The standard InChI is InChI=1S/C18H21ClN2O/c1-21(14-16-9-5-11-17(19)13-16)18(22)20-12-6-10-15-7-3-2-4-8-15/h2-5,7-9,11,13H,6,10,12,14H2,1H3,(H,20,22). The maximum atomic E-state index is 12.0. The van der Waals surface area contributed by atoms with Crippen LogP contribution >= 0.6 is 11.6 Å². The van der Waals surface area contributed by atoms with Crippen LogP contribution in [-0.4, -0.2) is 24.5 Å². The maximum absolute atomic E-state index is 12.0. The first kappa shape index (κ1) is 16.4. The quantitative estimate of drug-likeness (QED) is 0.799. The number of amides is 2. The lowest BCUT2D eigenvalue weighted by atomic mass is 10.1. The highest BCUT2D eigenvalue weighted by molar-refractivity contribution is 6.30. The molecule has 4 heteroatoms. The van der Waals surface area contributed by atoms with E-state index in [-0.39, 0.29) is 6.03 Å². The first-order valence-corrected chi connectivity index (χ1v) is 7.80. The Labute approximate surface area is 136 Å². The van der Waals surface area contributed by atoms with E-state index in [2.05, 4.69) is 17.4 Å². The molecule has 116 valence electrons. The highest BCUT2D eigenvalue weighted by Crippen LogP contribution is 2.12. The minimum atomic E-state index is -0.0620. The Kier molecular flexibility index (Phi) is 6.28. The van der Waals surface area contributed by atoms with Crippen LogP contribution < -0.4 is 5.32 Å². The van der Waals surface area contributed by atoms with Crippen molar-refractivity contribution in [3.8, 4) is 0 Å². The Balaban J connectivity index is 1.70. The molecule has 2 amide bonds. The number of rotatable bonds is 6. The summed E-state index contributed by atoms with van der Waals surface area (Å²) in [6, 6.07) is 17.8. The largest absolute Gasteiger partial charge is 0.338 e. The molecule has 0 aliphatic heterocycles. The maximum Gasteiger partial charge on any atom is 0.317 e. The highest BCUT2D eigenvalue weighted by atomic mass is 35.5. The van der Waals surface area contributed by atoms with Gasteiger partial charge in [-0.3, -0.25) is 0 Å². The van der Waals surface area contributed by atoms with Gasteiger partial charge in [0, 0.05) is 25.2 Å². The van der Waals surface area contributed by atoms with E-state index < -0.39 is 0 Å². The minimum Gasteiger partial charge on any atom is -0.338 e. The van der Waals surface area contributed by atoms with Crippen LogP contribution in [0.4, 0.5) is 4.79 Å². The number of nitrogens with one attached hydrogen (secondary N) is 1. The molecule has 0 atom stereocenters. The average molecular weight is 317 g/mol. The van der Waals surface area contributed by atoms with E-state index >= 15 is 0 Å². The van der Waals surface area contributed by atoms with Crippen LogP contribution in [0.25, 0.3) is 0 Å². The van der Waals surface area contributed by atoms with Crippen molar-refractivity contribution in [3.05, 3.63) is 70.7 Å². The van der Waals surface area contributed by atoms with E-state index in [1.807, 2.05) is 42.5 Å². The molecule has 0 unspecified atom stereocenters. The number of halogens is 1. The van der Waals surface area contributed by atoms with Gasteiger partial charge in [-0.25, -0.2) is 4.79 Å². The second-order valence-corrected chi connectivity index (χ2v) is 5.74. The second-order valence-electron chi connectivity index (χ2n) is 5.31. The fourth-order valence-electron chi connectivity index (χ4n) is 2.25. The van der Waals surface area contributed by atoms with Crippen molar-refractivity contribution >= 4 is 17.6 Å². The van der Waals surface area contributed by atoms with E-state index in [0.717, 1.165) is 18.4 Å². The first-order chi connectivity index (χ1) is 10.6. The van der Waals surface area contributed by atoms with Crippen molar-refractivity contribution in [2.45, 2.75) is 19.4 Å². The Morgan fingerprint density at radius 3 is 2.55 bits per heavy atom. The van der Waals surface area contributed by atoms with Crippen LogP contribution in [0.3, 0.4) is 0 Å². The molecule has 0 saturated heterocycles. The molecule has 2 aromatic rings. The molecule has 0 fully saturated rings. The van der Waals surface area contributed by atoms with Crippen molar-refractivity contribution in [2.75, 3.05) is 13.6 Å². The summed E-state index contributed by atoms with van der Waals surface area (Å²) in [6.07, 6.45) is 1.90. The molecule has 0 aliphatic carbocycles. The predicted molar refractivity (Wildman–Crippen MR) is 91.1 cm³/mol. The topological polar surface area (TPSA) is 32.3 Å². The Morgan fingerprint density at radius 2 is 1.82 bits per heavy atom. The molecule has 0 aliphatic rings. The fourth-order valence-corrected chi connectivity index (χ4v) is 2.46. The lowest BCUT2D eigenvalue weighted by Crippen LogP contribution is -2.37. The average Bonchev–Trinajstić information content (AvgIpc) is 2.52. The molecular formula is C18H21ClN2O. The van der Waals surface area contributed by atoms with Gasteiger partial charge in [0.25, 0.3) is 0 Å². The molecule has 0 saturated carbocycles. The van der Waals surface area contributed by atoms with Crippen molar-refractivity contribution in [1.29, 1.82) is 0 Å². The van der Waals surface area contributed by atoms with Gasteiger partial charge in [0.15, 0.2) is 0 Å². The van der Waals surface area contributed by atoms with Gasteiger partial charge in [0.05, 0.1) is 0 Å². The number of carbonyl (C=O) groups is 1.